The van der Waals surface area contributed by atoms with Crippen LogP contribution in [0.2, 0.25) is 0 Å². The molecule has 122 valence electrons. The molecule has 0 saturated heterocycles. The molecule has 7 nitrogen and oxygen atoms in total. The average Bonchev–Trinajstić information content (AvgIpc) is 3.25. The van der Waals surface area contributed by atoms with E-state index in [-0.39, 0.29) is 12.3 Å². The van der Waals surface area contributed by atoms with Gasteiger partial charge in [-0.2, -0.15) is 0 Å². The highest BCUT2D eigenvalue weighted by Gasteiger charge is 2.67. The van der Waals surface area contributed by atoms with Crippen LogP contribution in [0.25, 0.3) is 0 Å². The molecule has 1 fully saturated rings. The fourth-order valence-electron chi connectivity index (χ4n) is 3.97. The SMILES string of the molecule is CC1=C(CN(O)C(N)=O)C2=C(C)C3(CC3)[C@](C)(N=O)C(=O)C2=C1. The van der Waals surface area contributed by atoms with Crippen LogP contribution in [0.4, 0.5) is 4.79 Å². The molecule has 3 N–H and O–H groups in total. The normalized spacial score (nSPS) is 28.0. The summed E-state index contributed by atoms with van der Waals surface area (Å²) in [5.74, 6) is -0.288. The lowest BCUT2D eigenvalue weighted by Gasteiger charge is -2.38. The Labute approximate surface area is 133 Å². The van der Waals surface area contributed by atoms with Crippen LogP contribution >= 0.6 is 0 Å². The summed E-state index contributed by atoms with van der Waals surface area (Å²) < 4.78 is 0. The van der Waals surface area contributed by atoms with Gasteiger partial charge in [-0.25, -0.2) is 9.86 Å². The Morgan fingerprint density at radius 2 is 2.04 bits per heavy atom. The van der Waals surface area contributed by atoms with Gasteiger partial charge in [0.1, 0.15) is 0 Å². The first-order chi connectivity index (χ1) is 10.7. The Hall–Kier alpha value is -2.28. The predicted molar refractivity (Wildman–Crippen MR) is 82.4 cm³/mol. The number of primary amides is 1. The first-order valence-electron chi connectivity index (χ1n) is 7.48. The number of nitrogens with two attached hydrogens (primary N) is 1. The van der Waals surface area contributed by atoms with Crippen molar-refractivity contribution >= 4 is 11.8 Å². The number of fused-ring (bicyclic) bond motifs is 1. The summed E-state index contributed by atoms with van der Waals surface area (Å²) >= 11 is 0. The van der Waals surface area contributed by atoms with Crippen molar-refractivity contribution in [3.8, 4) is 0 Å². The third-order valence-corrected chi connectivity index (χ3v) is 5.61. The van der Waals surface area contributed by atoms with Gasteiger partial charge in [-0.15, -0.1) is 4.91 Å². The van der Waals surface area contributed by atoms with Crippen LogP contribution < -0.4 is 5.73 Å². The number of amides is 2. The lowest BCUT2D eigenvalue weighted by molar-refractivity contribution is -0.121. The number of hydrogen-bond acceptors (Lipinski definition) is 5. The van der Waals surface area contributed by atoms with Crippen LogP contribution in [0.1, 0.15) is 33.6 Å². The Balaban J connectivity index is 2.13. The van der Waals surface area contributed by atoms with E-state index in [1.807, 2.05) is 6.92 Å². The first kappa shape index (κ1) is 15.6. The van der Waals surface area contributed by atoms with E-state index in [9.17, 15) is 19.7 Å². The highest BCUT2D eigenvalue weighted by Crippen LogP contribution is 2.66. The molecule has 3 aliphatic carbocycles. The zero-order chi connectivity index (χ0) is 17.2. The van der Waals surface area contributed by atoms with E-state index in [4.69, 9.17) is 5.73 Å². The molecule has 0 unspecified atom stereocenters. The number of nitroso groups, excluding NO2 is 1. The Morgan fingerprint density at radius 3 is 2.52 bits per heavy atom. The van der Waals surface area contributed by atoms with Crippen molar-refractivity contribution in [3.05, 3.63) is 38.8 Å². The standard InChI is InChI=1S/C16H19N3O4/c1-8-6-10-12(11(8)7-19(23)14(17)21)9(2)16(4-5-16)15(3,18-22)13(10)20/h6,23H,4-5,7H2,1-3H3,(H2,17,21)/t15-/m1/s1. The lowest BCUT2D eigenvalue weighted by atomic mass is 9.65. The smallest absolute Gasteiger partial charge is 0.338 e. The number of carbonyl (C=O) groups is 2. The van der Waals surface area contributed by atoms with Crippen molar-refractivity contribution in [1.29, 1.82) is 0 Å². The number of hydroxylamine groups is 2. The van der Waals surface area contributed by atoms with Gasteiger partial charge in [0.15, 0.2) is 11.3 Å². The van der Waals surface area contributed by atoms with E-state index in [0.717, 1.165) is 29.6 Å². The van der Waals surface area contributed by atoms with E-state index in [1.54, 1.807) is 19.9 Å². The molecule has 0 radical (unpaired) electrons. The summed E-state index contributed by atoms with van der Waals surface area (Å²) in [6.07, 6.45) is 3.16. The summed E-state index contributed by atoms with van der Waals surface area (Å²) in [6.45, 7) is 5.21. The molecule has 3 aliphatic rings. The lowest BCUT2D eigenvalue weighted by Crippen LogP contribution is -2.48. The molecule has 23 heavy (non-hydrogen) atoms. The third kappa shape index (κ3) is 1.80. The molecule has 1 saturated carbocycles. The first-order valence-corrected chi connectivity index (χ1v) is 7.48. The summed E-state index contributed by atoms with van der Waals surface area (Å²) in [6, 6.07) is -0.959. The molecule has 0 aromatic carbocycles. The van der Waals surface area contributed by atoms with Gasteiger partial charge in [0, 0.05) is 11.0 Å². The minimum absolute atomic E-state index is 0.0948. The summed E-state index contributed by atoms with van der Waals surface area (Å²) in [5.41, 5.74) is 6.80. The predicted octanol–water partition coefficient (Wildman–Crippen LogP) is 2.22. The Kier molecular flexibility index (Phi) is 3.13. The molecular formula is C16H19N3O4. The van der Waals surface area contributed by atoms with E-state index in [0.29, 0.717) is 16.2 Å². The molecule has 0 heterocycles. The van der Waals surface area contributed by atoms with Crippen LogP contribution in [0.3, 0.4) is 0 Å². The topological polar surface area (TPSA) is 113 Å². The second-order valence-electron chi connectivity index (χ2n) is 6.69. The number of nitrogens with zero attached hydrogens (tertiary/aromatic N) is 2. The zero-order valence-electron chi connectivity index (χ0n) is 13.3. The molecule has 0 bridgehead atoms. The van der Waals surface area contributed by atoms with E-state index in [1.165, 1.54) is 0 Å². The maximum absolute atomic E-state index is 12.9. The molecule has 3 rings (SSSR count). The van der Waals surface area contributed by atoms with Gasteiger partial charge in [0.25, 0.3) is 0 Å². The molecule has 7 heteroatoms. The minimum atomic E-state index is -1.29. The second kappa shape index (κ2) is 4.61. The van der Waals surface area contributed by atoms with E-state index < -0.39 is 17.0 Å². The summed E-state index contributed by atoms with van der Waals surface area (Å²) in [7, 11) is 0. The Bertz CT molecular complexity index is 742. The van der Waals surface area contributed by atoms with Gasteiger partial charge in [-0.1, -0.05) is 10.7 Å². The molecular weight excluding hydrogens is 298 g/mol. The monoisotopic (exact) mass is 317 g/mol. The van der Waals surface area contributed by atoms with Crippen molar-refractivity contribution in [1.82, 2.24) is 5.06 Å². The van der Waals surface area contributed by atoms with E-state index >= 15 is 0 Å². The molecule has 1 atom stereocenters. The number of rotatable bonds is 3. The fourth-order valence-corrected chi connectivity index (χ4v) is 3.97. The highest BCUT2D eigenvalue weighted by atomic mass is 16.5. The van der Waals surface area contributed by atoms with Gasteiger partial charge in [0.05, 0.1) is 6.54 Å². The van der Waals surface area contributed by atoms with Gasteiger partial charge < -0.3 is 5.73 Å². The molecule has 0 aromatic heterocycles. The van der Waals surface area contributed by atoms with Gasteiger partial charge >= 0.3 is 6.03 Å². The molecule has 0 aromatic rings. The summed E-state index contributed by atoms with van der Waals surface area (Å²) in [4.78, 5) is 35.5. The average molecular weight is 317 g/mol. The fraction of sp³-hybridized carbons (Fsp3) is 0.500. The van der Waals surface area contributed by atoms with Crippen LogP contribution in [0.15, 0.2) is 39.1 Å². The van der Waals surface area contributed by atoms with Crippen LogP contribution in [0.5, 0.6) is 0 Å². The Morgan fingerprint density at radius 1 is 1.43 bits per heavy atom. The number of ketones is 1. The molecule has 0 aliphatic heterocycles. The van der Waals surface area contributed by atoms with Gasteiger partial charge in [-0.05, 0) is 56.4 Å². The van der Waals surface area contributed by atoms with Crippen LogP contribution in [-0.4, -0.2) is 34.2 Å². The highest BCUT2D eigenvalue weighted by molar-refractivity contribution is 6.11. The third-order valence-electron chi connectivity index (χ3n) is 5.61. The van der Waals surface area contributed by atoms with Crippen LogP contribution in [0, 0.1) is 10.3 Å². The van der Waals surface area contributed by atoms with E-state index in [2.05, 4.69) is 5.18 Å². The maximum Gasteiger partial charge on any atom is 0.338 e. The van der Waals surface area contributed by atoms with Crippen molar-refractivity contribution in [2.24, 2.45) is 16.3 Å². The van der Waals surface area contributed by atoms with Gasteiger partial charge in [0.2, 0.25) is 0 Å². The number of allylic oxidation sites excluding steroid dienone is 2. The van der Waals surface area contributed by atoms with Gasteiger partial charge in [-0.3, -0.25) is 10.0 Å². The van der Waals surface area contributed by atoms with Crippen molar-refractivity contribution in [2.45, 2.75) is 39.2 Å². The number of urea groups is 1. The van der Waals surface area contributed by atoms with Crippen molar-refractivity contribution in [2.75, 3.05) is 6.54 Å². The quantitative estimate of drug-likeness (QED) is 0.472. The largest absolute Gasteiger partial charge is 0.350 e. The zero-order valence-corrected chi connectivity index (χ0v) is 13.3. The second-order valence-corrected chi connectivity index (χ2v) is 6.69. The number of carbonyl (C=O) groups excluding carboxylic acids is 2. The minimum Gasteiger partial charge on any atom is -0.350 e. The maximum atomic E-state index is 12.9. The number of hydrogen-bond donors (Lipinski definition) is 2. The van der Waals surface area contributed by atoms with Crippen molar-refractivity contribution < 1.29 is 14.8 Å². The molecule has 2 amide bonds. The van der Waals surface area contributed by atoms with Crippen LogP contribution in [-0.2, 0) is 4.79 Å². The molecule has 1 spiro atoms. The summed E-state index contributed by atoms with van der Waals surface area (Å²) in [5, 5.41) is 13.3. The number of Topliss-reactive ketones (excluding diaryl/α,β-unsaturated/α-hetero) is 1. The van der Waals surface area contributed by atoms with Crippen molar-refractivity contribution in [3.63, 3.8) is 0 Å².